The highest BCUT2D eigenvalue weighted by Gasteiger charge is 2.37. The van der Waals surface area contributed by atoms with Crippen molar-refractivity contribution in [3.8, 4) is 0 Å². The first-order valence-corrected chi connectivity index (χ1v) is 6.01. The van der Waals surface area contributed by atoms with Crippen molar-refractivity contribution < 1.29 is 14.3 Å². The zero-order chi connectivity index (χ0) is 12.7. The van der Waals surface area contributed by atoms with Crippen LogP contribution in [-0.4, -0.2) is 19.2 Å². The fourth-order valence-electron chi connectivity index (χ4n) is 1.64. The number of esters is 1. The van der Waals surface area contributed by atoms with E-state index < -0.39 is 5.60 Å². The Morgan fingerprint density at radius 2 is 1.88 bits per heavy atom. The Morgan fingerprint density at radius 3 is 2.41 bits per heavy atom. The molecule has 1 atom stereocenters. The molecule has 0 radical (unpaired) electrons. The van der Waals surface area contributed by atoms with Gasteiger partial charge in [0.2, 0.25) is 0 Å². The third-order valence-corrected chi connectivity index (χ3v) is 2.58. The summed E-state index contributed by atoms with van der Waals surface area (Å²) in [6.45, 7) is 6.48. The molecule has 3 nitrogen and oxygen atoms in total. The van der Waals surface area contributed by atoms with Crippen LogP contribution in [-0.2, 0) is 19.9 Å². The molecule has 0 saturated heterocycles. The number of rotatable bonds is 6. The lowest BCUT2D eigenvalue weighted by atomic mass is 9.96. The van der Waals surface area contributed by atoms with Crippen LogP contribution in [0.15, 0.2) is 30.3 Å². The summed E-state index contributed by atoms with van der Waals surface area (Å²) in [5, 5.41) is 0. The molecule has 0 aliphatic heterocycles. The molecule has 0 aromatic heterocycles. The van der Waals surface area contributed by atoms with E-state index in [1.54, 1.807) is 6.92 Å². The van der Waals surface area contributed by atoms with Crippen LogP contribution in [0.5, 0.6) is 0 Å². The molecular formula is C14H20O3. The van der Waals surface area contributed by atoms with Gasteiger partial charge in [0, 0.05) is 6.61 Å². The summed E-state index contributed by atoms with van der Waals surface area (Å²) in [6.07, 6.45) is 0.808. The highest BCUT2D eigenvalue weighted by molar-refractivity contribution is 5.80. The monoisotopic (exact) mass is 236 g/mol. The Hall–Kier alpha value is -1.35. The van der Waals surface area contributed by atoms with Gasteiger partial charge < -0.3 is 9.47 Å². The maximum Gasteiger partial charge on any atom is 0.342 e. The summed E-state index contributed by atoms with van der Waals surface area (Å²) in [5.41, 5.74) is -0.187. The van der Waals surface area contributed by atoms with Gasteiger partial charge >= 0.3 is 5.97 Å². The largest absolute Gasteiger partial charge is 0.463 e. The first-order valence-electron chi connectivity index (χ1n) is 6.01. The molecule has 1 aromatic carbocycles. The van der Waals surface area contributed by atoms with E-state index in [0.29, 0.717) is 13.2 Å². The quantitative estimate of drug-likeness (QED) is 0.712. The van der Waals surface area contributed by atoms with Crippen LogP contribution in [0.1, 0.15) is 32.8 Å². The number of carbonyl (C=O) groups excluding carboxylic acids is 1. The van der Waals surface area contributed by atoms with Crippen LogP contribution < -0.4 is 0 Å². The van der Waals surface area contributed by atoms with Crippen LogP contribution >= 0.6 is 0 Å². The van der Waals surface area contributed by atoms with Crippen molar-refractivity contribution in [2.45, 2.75) is 32.8 Å². The SMILES string of the molecule is CCCOC(=O)C(C)(OCC)c1ccccc1. The summed E-state index contributed by atoms with van der Waals surface area (Å²) in [7, 11) is 0. The Morgan fingerprint density at radius 1 is 1.24 bits per heavy atom. The molecule has 17 heavy (non-hydrogen) atoms. The Balaban J connectivity index is 2.93. The maximum absolute atomic E-state index is 12.1. The molecule has 0 spiro atoms. The van der Waals surface area contributed by atoms with Crippen molar-refractivity contribution in [1.29, 1.82) is 0 Å². The fraction of sp³-hybridized carbons (Fsp3) is 0.500. The number of carbonyl (C=O) groups is 1. The van der Waals surface area contributed by atoms with Crippen molar-refractivity contribution in [2.75, 3.05) is 13.2 Å². The molecule has 1 rings (SSSR count). The highest BCUT2D eigenvalue weighted by Crippen LogP contribution is 2.26. The molecule has 0 amide bonds. The minimum atomic E-state index is -1.01. The van der Waals surface area contributed by atoms with Crippen LogP contribution in [0, 0.1) is 0 Å². The number of benzene rings is 1. The minimum Gasteiger partial charge on any atom is -0.463 e. The molecule has 0 aliphatic rings. The molecule has 0 saturated carbocycles. The van der Waals surface area contributed by atoms with Crippen LogP contribution in [0.2, 0.25) is 0 Å². The van der Waals surface area contributed by atoms with Gasteiger partial charge in [0.05, 0.1) is 6.61 Å². The summed E-state index contributed by atoms with van der Waals surface area (Å²) in [6, 6.07) is 9.44. The van der Waals surface area contributed by atoms with Crippen molar-refractivity contribution in [2.24, 2.45) is 0 Å². The smallest absolute Gasteiger partial charge is 0.342 e. The van der Waals surface area contributed by atoms with Gasteiger partial charge in [0.15, 0.2) is 5.60 Å². The Labute approximate surface area is 103 Å². The normalized spacial score (nSPS) is 14.1. The maximum atomic E-state index is 12.1. The standard InChI is InChI=1S/C14H20O3/c1-4-11-16-13(15)14(3,17-5-2)12-9-7-6-8-10-12/h6-10H,4-5,11H2,1-3H3. The molecule has 0 fully saturated rings. The first-order chi connectivity index (χ1) is 8.15. The van der Waals surface area contributed by atoms with Gasteiger partial charge in [0.1, 0.15) is 0 Å². The van der Waals surface area contributed by atoms with Crippen molar-refractivity contribution >= 4 is 5.97 Å². The lowest BCUT2D eigenvalue weighted by molar-refractivity contribution is -0.171. The summed E-state index contributed by atoms with van der Waals surface area (Å²) < 4.78 is 10.8. The van der Waals surface area contributed by atoms with Crippen LogP contribution in [0.3, 0.4) is 0 Å². The van der Waals surface area contributed by atoms with Gasteiger partial charge in [-0.1, -0.05) is 37.3 Å². The predicted octanol–water partition coefficient (Wildman–Crippen LogP) is 2.89. The summed E-state index contributed by atoms with van der Waals surface area (Å²) >= 11 is 0. The lowest BCUT2D eigenvalue weighted by Gasteiger charge is -2.27. The van der Waals surface area contributed by atoms with Gasteiger partial charge in [0.25, 0.3) is 0 Å². The molecule has 0 heterocycles. The summed E-state index contributed by atoms with van der Waals surface area (Å²) in [4.78, 5) is 12.1. The number of hydrogen-bond donors (Lipinski definition) is 0. The molecule has 3 heteroatoms. The van der Waals surface area contributed by atoms with E-state index in [2.05, 4.69) is 0 Å². The predicted molar refractivity (Wildman–Crippen MR) is 66.7 cm³/mol. The topological polar surface area (TPSA) is 35.5 Å². The third kappa shape index (κ3) is 3.30. The second kappa shape index (κ2) is 6.40. The number of hydrogen-bond acceptors (Lipinski definition) is 3. The average Bonchev–Trinajstić information content (AvgIpc) is 2.37. The van der Waals surface area contributed by atoms with E-state index in [1.807, 2.05) is 44.2 Å². The first kappa shape index (κ1) is 13.7. The zero-order valence-corrected chi connectivity index (χ0v) is 10.7. The van der Waals surface area contributed by atoms with Gasteiger partial charge in [-0.25, -0.2) is 4.79 Å². The molecule has 1 unspecified atom stereocenters. The summed E-state index contributed by atoms with van der Waals surface area (Å²) in [5.74, 6) is -0.326. The highest BCUT2D eigenvalue weighted by atomic mass is 16.6. The second-order valence-corrected chi connectivity index (χ2v) is 3.97. The molecule has 0 bridgehead atoms. The molecule has 94 valence electrons. The molecule has 0 aliphatic carbocycles. The van der Waals surface area contributed by atoms with Crippen molar-refractivity contribution in [3.05, 3.63) is 35.9 Å². The number of ether oxygens (including phenoxy) is 2. The van der Waals surface area contributed by atoms with E-state index in [1.165, 1.54) is 0 Å². The van der Waals surface area contributed by atoms with Gasteiger partial charge in [-0.2, -0.15) is 0 Å². The van der Waals surface area contributed by atoms with Gasteiger partial charge in [-0.3, -0.25) is 0 Å². The van der Waals surface area contributed by atoms with Crippen LogP contribution in [0.25, 0.3) is 0 Å². The average molecular weight is 236 g/mol. The minimum absolute atomic E-state index is 0.326. The van der Waals surface area contributed by atoms with E-state index in [9.17, 15) is 4.79 Å². The Kier molecular flexibility index (Phi) is 5.16. The Bertz CT molecular complexity index is 348. The third-order valence-electron chi connectivity index (χ3n) is 2.58. The van der Waals surface area contributed by atoms with Gasteiger partial charge in [-0.15, -0.1) is 0 Å². The van der Waals surface area contributed by atoms with Gasteiger partial charge in [-0.05, 0) is 25.8 Å². The van der Waals surface area contributed by atoms with Crippen molar-refractivity contribution in [3.63, 3.8) is 0 Å². The zero-order valence-electron chi connectivity index (χ0n) is 10.7. The molecule has 0 N–H and O–H groups in total. The van der Waals surface area contributed by atoms with Crippen molar-refractivity contribution in [1.82, 2.24) is 0 Å². The fourth-order valence-corrected chi connectivity index (χ4v) is 1.64. The van der Waals surface area contributed by atoms with E-state index >= 15 is 0 Å². The lowest BCUT2D eigenvalue weighted by Crippen LogP contribution is -2.37. The van der Waals surface area contributed by atoms with E-state index in [0.717, 1.165) is 12.0 Å². The van der Waals surface area contributed by atoms with E-state index in [4.69, 9.17) is 9.47 Å². The van der Waals surface area contributed by atoms with E-state index in [-0.39, 0.29) is 5.97 Å². The second-order valence-electron chi connectivity index (χ2n) is 3.97. The van der Waals surface area contributed by atoms with Crippen LogP contribution in [0.4, 0.5) is 0 Å². The molecule has 1 aromatic rings. The molecular weight excluding hydrogens is 216 g/mol.